The Morgan fingerprint density at radius 2 is 2.33 bits per heavy atom. The molecular formula is C12H16ClNO. The Morgan fingerprint density at radius 3 is 2.93 bits per heavy atom. The second-order valence-corrected chi connectivity index (χ2v) is 3.97. The number of hydrogen-bond donors (Lipinski definition) is 1. The van der Waals surface area contributed by atoms with Crippen molar-refractivity contribution in [3.05, 3.63) is 41.4 Å². The normalized spacial score (nSPS) is 12.2. The van der Waals surface area contributed by atoms with Crippen LogP contribution >= 0.6 is 11.6 Å². The van der Waals surface area contributed by atoms with Crippen LogP contribution in [0.3, 0.4) is 0 Å². The lowest BCUT2D eigenvalue weighted by Gasteiger charge is -2.12. The Balaban J connectivity index is 2.86. The first kappa shape index (κ1) is 12.1. The van der Waals surface area contributed by atoms with Gasteiger partial charge in [-0.25, -0.2) is 0 Å². The zero-order valence-corrected chi connectivity index (χ0v) is 9.63. The summed E-state index contributed by atoms with van der Waals surface area (Å²) >= 11 is 5.92. The fourth-order valence-electron chi connectivity index (χ4n) is 1.34. The first-order valence-corrected chi connectivity index (χ1v) is 5.29. The van der Waals surface area contributed by atoms with Crippen molar-refractivity contribution < 1.29 is 4.74 Å². The van der Waals surface area contributed by atoms with Crippen molar-refractivity contribution in [2.24, 2.45) is 5.73 Å². The van der Waals surface area contributed by atoms with Crippen LogP contribution in [0.1, 0.15) is 12.5 Å². The van der Waals surface area contributed by atoms with Gasteiger partial charge in [-0.05, 0) is 37.1 Å². The summed E-state index contributed by atoms with van der Waals surface area (Å²) < 4.78 is 5.51. The highest BCUT2D eigenvalue weighted by Crippen LogP contribution is 2.24. The highest BCUT2D eigenvalue weighted by Gasteiger charge is 2.06. The number of nitrogens with two attached hydrogens (primary N) is 1. The van der Waals surface area contributed by atoms with Crippen LogP contribution in [0.25, 0.3) is 0 Å². The lowest BCUT2D eigenvalue weighted by atomic mass is 10.1. The van der Waals surface area contributed by atoms with E-state index in [1.807, 2.05) is 25.1 Å². The van der Waals surface area contributed by atoms with Crippen molar-refractivity contribution in [3.63, 3.8) is 0 Å². The Kier molecular flexibility index (Phi) is 4.66. The summed E-state index contributed by atoms with van der Waals surface area (Å²) in [7, 11) is 0. The molecule has 2 nitrogen and oxygen atoms in total. The quantitative estimate of drug-likeness (QED) is 0.783. The van der Waals surface area contributed by atoms with Gasteiger partial charge in [0.25, 0.3) is 0 Å². The lowest BCUT2D eigenvalue weighted by Crippen LogP contribution is -2.18. The molecule has 0 amide bonds. The second-order valence-electron chi connectivity index (χ2n) is 3.53. The average molecular weight is 226 g/mol. The number of rotatable bonds is 5. The van der Waals surface area contributed by atoms with E-state index in [0.29, 0.717) is 11.6 Å². The van der Waals surface area contributed by atoms with Crippen molar-refractivity contribution in [2.45, 2.75) is 19.4 Å². The fraction of sp³-hybridized carbons (Fsp3) is 0.333. The van der Waals surface area contributed by atoms with Gasteiger partial charge in [0.2, 0.25) is 0 Å². The standard InChI is InChI=1S/C12H16ClNO/c1-3-6-15-12-5-4-11(13)8-10(12)7-9(2)14/h3-5,8-9H,1,6-7,14H2,2H3. The molecular weight excluding hydrogens is 210 g/mol. The van der Waals surface area contributed by atoms with E-state index in [0.717, 1.165) is 17.7 Å². The summed E-state index contributed by atoms with van der Waals surface area (Å²) in [4.78, 5) is 0. The highest BCUT2D eigenvalue weighted by atomic mass is 35.5. The maximum atomic E-state index is 5.92. The summed E-state index contributed by atoms with van der Waals surface area (Å²) in [6.07, 6.45) is 2.47. The number of benzene rings is 1. The minimum absolute atomic E-state index is 0.0922. The van der Waals surface area contributed by atoms with E-state index in [9.17, 15) is 0 Å². The van der Waals surface area contributed by atoms with E-state index in [2.05, 4.69) is 6.58 Å². The minimum atomic E-state index is 0.0922. The molecule has 15 heavy (non-hydrogen) atoms. The third kappa shape index (κ3) is 3.94. The van der Waals surface area contributed by atoms with Gasteiger partial charge in [0.1, 0.15) is 12.4 Å². The molecule has 0 aliphatic rings. The molecule has 1 atom stereocenters. The Morgan fingerprint density at radius 1 is 1.60 bits per heavy atom. The topological polar surface area (TPSA) is 35.2 Å². The third-order valence-electron chi connectivity index (χ3n) is 1.92. The second kappa shape index (κ2) is 5.79. The minimum Gasteiger partial charge on any atom is -0.489 e. The van der Waals surface area contributed by atoms with Gasteiger partial charge in [-0.2, -0.15) is 0 Å². The van der Waals surface area contributed by atoms with Crippen LogP contribution in [0.2, 0.25) is 5.02 Å². The smallest absolute Gasteiger partial charge is 0.123 e. The molecule has 1 rings (SSSR count). The van der Waals surface area contributed by atoms with Crippen LogP contribution in [-0.2, 0) is 6.42 Å². The van der Waals surface area contributed by atoms with Crippen LogP contribution in [0.4, 0.5) is 0 Å². The monoisotopic (exact) mass is 225 g/mol. The molecule has 0 heterocycles. The van der Waals surface area contributed by atoms with Gasteiger partial charge in [0.05, 0.1) is 0 Å². The van der Waals surface area contributed by atoms with E-state index in [1.165, 1.54) is 0 Å². The van der Waals surface area contributed by atoms with Crippen LogP contribution in [0, 0.1) is 0 Å². The van der Waals surface area contributed by atoms with Gasteiger partial charge < -0.3 is 10.5 Å². The zero-order valence-electron chi connectivity index (χ0n) is 8.87. The highest BCUT2D eigenvalue weighted by molar-refractivity contribution is 6.30. The molecule has 82 valence electrons. The van der Waals surface area contributed by atoms with Gasteiger partial charge in [0.15, 0.2) is 0 Å². The molecule has 0 bridgehead atoms. The summed E-state index contributed by atoms with van der Waals surface area (Å²) in [5.41, 5.74) is 6.79. The largest absolute Gasteiger partial charge is 0.489 e. The average Bonchev–Trinajstić information content (AvgIpc) is 2.16. The summed E-state index contributed by atoms with van der Waals surface area (Å²) in [6.45, 7) is 6.06. The summed E-state index contributed by atoms with van der Waals surface area (Å²) in [5.74, 6) is 0.830. The van der Waals surface area contributed by atoms with E-state index in [4.69, 9.17) is 22.1 Å². The lowest BCUT2D eigenvalue weighted by molar-refractivity contribution is 0.358. The molecule has 3 heteroatoms. The first-order chi connectivity index (χ1) is 7.13. The molecule has 0 aliphatic heterocycles. The predicted octanol–water partition coefficient (Wildman–Crippen LogP) is 2.79. The zero-order chi connectivity index (χ0) is 11.3. The summed E-state index contributed by atoms with van der Waals surface area (Å²) in [5, 5.41) is 0.705. The SMILES string of the molecule is C=CCOc1ccc(Cl)cc1CC(C)N. The van der Waals surface area contributed by atoms with Gasteiger partial charge in [-0.1, -0.05) is 24.3 Å². The van der Waals surface area contributed by atoms with Gasteiger partial charge in [-0.15, -0.1) is 0 Å². The molecule has 0 spiro atoms. The molecule has 0 aliphatic carbocycles. The molecule has 1 aromatic rings. The molecule has 0 fully saturated rings. The fourth-order valence-corrected chi connectivity index (χ4v) is 1.54. The van der Waals surface area contributed by atoms with Gasteiger partial charge in [-0.3, -0.25) is 0 Å². The van der Waals surface area contributed by atoms with E-state index >= 15 is 0 Å². The predicted molar refractivity (Wildman–Crippen MR) is 64.5 cm³/mol. The van der Waals surface area contributed by atoms with Crippen molar-refractivity contribution in [3.8, 4) is 5.75 Å². The molecule has 0 radical (unpaired) electrons. The van der Waals surface area contributed by atoms with Crippen LogP contribution < -0.4 is 10.5 Å². The van der Waals surface area contributed by atoms with Crippen LogP contribution in [0.15, 0.2) is 30.9 Å². The molecule has 0 saturated heterocycles. The first-order valence-electron chi connectivity index (χ1n) is 4.91. The van der Waals surface area contributed by atoms with E-state index in [1.54, 1.807) is 6.08 Å². The molecule has 1 unspecified atom stereocenters. The van der Waals surface area contributed by atoms with E-state index < -0.39 is 0 Å². The Hall–Kier alpha value is -0.990. The molecule has 0 saturated carbocycles. The third-order valence-corrected chi connectivity index (χ3v) is 2.16. The van der Waals surface area contributed by atoms with Crippen LogP contribution in [0.5, 0.6) is 5.75 Å². The Labute approximate surface area is 95.7 Å². The number of ether oxygens (including phenoxy) is 1. The number of hydrogen-bond acceptors (Lipinski definition) is 2. The van der Waals surface area contributed by atoms with Crippen molar-refractivity contribution in [1.29, 1.82) is 0 Å². The van der Waals surface area contributed by atoms with Crippen molar-refractivity contribution >= 4 is 11.6 Å². The molecule has 2 N–H and O–H groups in total. The van der Waals surface area contributed by atoms with Gasteiger partial charge in [0, 0.05) is 11.1 Å². The number of halogens is 1. The Bertz CT molecular complexity index is 336. The van der Waals surface area contributed by atoms with Crippen molar-refractivity contribution in [1.82, 2.24) is 0 Å². The van der Waals surface area contributed by atoms with Gasteiger partial charge >= 0.3 is 0 Å². The van der Waals surface area contributed by atoms with Crippen molar-refractivity contribution in [2.75, 3.05) is 6.61 Å². The molecule has 1 aromatic carbocycles. The van der Waals surface area contributed by atoms with E-state index in [-0.39, 0.29) is 6.04 Å². The van der Waals surface area contributed by atoms with Crippen LogP contribution in [-0.4, -0.2) is 12.6 Å². The molecule has 0 aromatic heterocycles. The summed E-state index contributed by atoms with van der Waals surface area (Å²) in [6, 6.07) is 5.66. The maximum absolute atomic E-state index is 5.92. The maximum Gasteiger partial charge on any atom is 0.123 e.